The number of benzene rings is 2. The lowest BCUT2D eigenvalue weighted by atomic mass is 10.1. The molecule has 0 amide bonds. The van der Waals surface area contributed by atoms with Crippen LogP contribution < -0.4 is 11.1 Å². The number of hydrogen-bond donors (Lipinski definition) is 2. The van der Waals surface area contributed by atoms with Crippen LogP contribution in [0.2, 0.25) is 0 Å². The Kier molecular flexibility index (Phi) is 7.98. The first-order valence-corrected chi connectivity index (χ1v) is 11.3. The number of nitrogens with two attached hydrogens (primary N) is 1. The highest BCUT2D eigenvalue weighted by Crippen LogP contribution is 2.18. The van der Waals surface area contributed by atoms with E-state index in [9.17, 15) is 0 Å². The number of aromatic nitrogens is 2. The van der Waals surface area contributed by atoms with Gasteiger partial charge in [-0.3, -0.25) is 0 Å². The van der Waals surface area contributed by atoms with Crippen LogP contribution in [0.25, 0.3) is 10.9 Å². The van der Waals surface area contributed by atoms with Gasteiger partial charge in [-0.2, -0.15) is 0 Å². The first kappa shape index (κ1) is 19.5. The molecule has 0 aliphatic heterocycles. The third-order valence-corrected chi connectivity index (χ3v) is 4.10. The van der Waals surface area contributed by atoms with Gasteiger partial charge in [-0.1, -0.05) is 31.9 Å². The molecule has 6 heteroatoms. The van der Waals surface area contributed by atoms with E-state index in [1.165, 1.54) is 8.93 Å². The van der Waals surface area contributed by atoms with Gasteiger partial charge in [0.15, 0.2) is 0 Å². The summed E-state index contributed by atoms with van der Waals surface area (Å²) in [6, 6.07) is 13.8. The summed E-state index contributed by atoms with van der Waals surface area (Å²) < 4.78 is 0. The van der Waals surface area contributed by atoms with Crippen LogP contribution in [0.4, 0.5) is 11.6 Å². The molecule has 1 heterocycles. The molecule has 3 rings (SSSR count). The Morgan fingerprint density at radius 3 is 2.60 bits per heavy atom. The molecular formula is C19H19IN4S. The maximum atomic E-state index is 5.60. The number of anilines is 2. The third kappa shape index (κ3) is 5.59. The molecule has 0 radical (unpaired) electrons. The molecule has 0 aliphatic carbocycles. The Morgan fingerprint density at radius 2 is 1.92 bits per heavy atom. The molecular weight excluding hydrogens is 443 g/mol. The number of rotatable bonds is 3. The lowest BCUT2D eigenvalue weighted by Gasteiger charge is -2.06. The van der Waals surface area contributed by atoms with Crippen molar-refractivity contribution in [2.24, 2.45) is 5.73 Å². The lowest BCUT2D eigenvalue weighted by Crippen LogP contribution is -1.99. The Balaban J connectivity index is 0.00000109. The van der Waals surface area contributed by atoms with E-state index >= 15 is 0 Å². The average Bonchev–Trinajstić information content (AvgIpc) is 2.68. The largest absolute Gasteiger partial charge is 0.326 e. The van der Waals surface area contributed by atoms with Crippen molar-refractivity contribution in [1.82, 2.24) is 9.97 Å². The standard InChI is InChI=1S/C17H13IN4S.C2H6/c18-23-8-7-12-3-6-16-14(9-12)11-20-17(22-16)21-15-4-1-13(10-19)2-5-15;1-2/h1-6,9,11H,10,19H2,(H,20,21,22);1-2H3. The smallest absolute Gasteiger partial charge is 0.227 e. The van der Waals surface area contributed by atoms with Crippen molar-refractivity contribution in [3.63, 3.8) is 0 Å². The average molecular weight is 462 g/mol. The Hall–Kier alpha value is -1.82. The van der Waals surface area contributed by atoms with E-state index in [0.717, 1.165) is 27.7 Å². The summed E-state index contributed by atoms with van der Waals surface area (Å²) in [6.45, 7) is 4.54. The second-order valence-corrected chi connectivity index (χ2v) is 6.48. The summed E-state index contributed by atoms with van der Waals surface area (Å²) in [5.41, 5.74) is 9.47. The summed E-state index contributed by atoms with van der Waals surface area (Å²) in [6.07, 6.45) is 1.81. The highest BCUT2D eigenvalue weighted by atomic mass is 127. The fraction of sp³-hybridized carbons (Fsp3) is 0.158. The Morgan fingerprint density at radius 1 is 1.16 bits per heavy atom. The van der Waals surface area contributed by atoms with Crippen LogP contribution in [0.5, 0.6) is 0 Å². The number of nitrogens with one attached hydrogen (secondary N) is 1. The van der Waals surface area contributed by atoms with Crippen molar-refractivity contribution in [1.29, 1.82) is 0 Å². The zero-order valence-corrected chi connectivity index (χ0v) is 17.1. The van der Waals surface area contributed by atoms with Gasteiger partial charge in [-0.15, -0.1) is 0 Å². The molecule has 0 saturated carbocycles. The molecule has 0 aliphatic rings. The number of fused-ring (bicyclic) bond motifs is 1. The highest BCUT2D eigenvalue weighted by Gasteiger charge is 2.02. The topological polar surface area (TPSA) is 63.8 Å². The minimum Gasteiger partial charge on any atom is -0.326 e. The quantitative estimate of drug-likeness (QED) is 0.411. The molecule has 0 bridgehead atoms. The van der Waals surface area contributed by atoms with E-state index in [2.05, 4.69) is 47.7 Å². The van der Waals surface area contributed by atoms with Gasteiger partial charge in [0.2, 0.25) is 5.95 Å². The highest BCUT2D eigenvalue weighted by molar-refractivity contribution is 14.2. The molecule has 4 nitrogen and oxygen atoms in total. The van der Waals surface area contributed by atoms with Crippen molar-refractivity contribution >= 4 is 52.7 Å². The van der Waals surface area contributed by atoms with Gasteiger partial charge in [0.05, 0.1) is 5.52 Å². The second kappa shape index (κ2) is 10.2. The first-order chi connectivity index (χ1) is 12.3. The molecule has 3 N–H and O–H groups in total. The summed E-state index contributed by atoms with van der Waals surface area (Å²) in [4.78, 5) is 8.90. The van der Waals surface area contributed by atoms with Gasteiger partial charge in [0.25, 0.3) is 0 Å². The van der Waals surface area contributed by atoms with E-state index in [1.807, 2.05) is 56.3 Å². The number of hydrogen-bond acceptors (Lipinski definition) is 5. The van der Waals surface area contributed by atoms with Crippen LogP contribution in [-0.2, 0) is 6.54 Å². The van der Waals surface area contributed by atoms with Crippen molar-refractivity contribution in [3.8, 4) is 11.2 Å². The van der Waals surface area contributed by atoms with Crippen LogP contribution >= 0.6 is 30.1 Å². The molecule has 0 spiro atoms. The van der Waals surface area contributed by atoms with Gasteiger partial charge in [-0.05, 0) is 50.1 Å². The van der Waals surface area contributed by atoms with E-state index in [4.69, 9.17) is 5.73 Å². The van der Waals surface area contributed by atoms with Crippen LogP contribution in [0.1, 0.15) is 25.0 Å². The van der Waals surface area contributed by atoms with Gasteiger partial charge in [0.1, 0.15) is 0 Å². The second-order valence-electron chi connectivity index (χ2n) is 4.80. The predicted octanol–water partition coefficient (Wildman–Crippen LogP) is 5.25. The summed E-state index contributed by atoms with van der Waals surface area (Å²) >= 11 is 2.15. The molecule has 3 aromatic rings. The minimum atomic E-state index is 0.536. The Bertz CT molecular complexity index is 885. The summed E-state index contributed by atoms with van der Waals surface area (Å²) in [5, 5.41) is 7.15. The molecule has 128 valence electrons. The lowest BCUT2D eigenvalue weighted by molar-refractivity contribution is 1.07. The van der Waals surface area contributed by atoms with Crippen LogP contribution in [0, 0.1) is 11.2 Å². The van der Waals surface area contributed by atoms with Crippen molar-refractivity contribution in [2.45, 2.75) is 20.4 Å². The summed E-state index contributed by atoms with van der Waals surface area (Å²) in [5.74, 6) is 3.64. The van der Waals surface area contributed by atoms with Gasteiger partial charge in [-0.25, -0.2) is 9.97 Å². The third-order valence-electron chi connectivity index (χ3n) is 3.26. The number of halogens is 1. The minimum absolute atomic E-state index is 0.536. The van der Waals surface area contributed by atoms with Gasteiger partial charge < -0.3 is 11.1 Å². The summed E-state index contributed by atoms with van der Waals surface area (Å²) in [7, 11) is 1.47. The SMILES string of the molecule is CC.NCc1ccc(Nc2ncc3cc(C#CSI)ccc3n2)cc1. The molecule has 1 aromatic heterocycles. The maximum Gasteiger partial charge on any atom is 0.227 e. The van der Waals surface area contributed by atoms with E-state index in [1.54, 1.807) is 6.20 Å². The van der Waals surface area contributed by atoms with Crippen LogP contribution in [0.3, 0.4) is 0 Å². The Labute approximate surface area is 164 Å². The van der Waals surface area contributed by atoms with E-state index in [-0.39, 0.29) is 0 Å². The van der Waals surface area contributed by atoms with Crippen molar-refractivity contribution in [3.05, 3.63) is 59.8 Å². The van der Waals surface area contributed by atoms with E-state index in [0.29, 0.717) is 12.5 Å². The van der Waals surface area contributed by atoms with Crippen LogP contribution in [-0.4, -0.2) is 9.97 Å². The molecule has 0 fully saturated rings. The zero-order valence-electron chi connectivity index (χ0n) is 14.1. The predicted molar refractivity (Wildman–Crippen MR) is 117 cm³/mol. The van der Waals surface area contributed by atoms with Crippen molar-refractivity contribution < 1.29 is 0 Å². The fourth-order valence-electron chi connectivity index (χ4n) is 2.10. The van der Waals surface area contributed by atoms with Crippen molar-refractivity contribution in [2.75, 3.05) is 5.32 Å². The zero-order chi connectivity index (χ0) is 18.1. The van der Waals surface area contributed by atoms with Gasteiger partial charge >= 0.3 is 0 Å². The van der Waals surface area contributed by atoms with Gasteiger partial charge in [0, 0.05) is 50.6 Å². The molecule has 2 aromatic carbocycles. The monoisotopic (exact) mass is 462 g/mol. The molecule has 0 saturated heterocycles. The van der Waals surface area contributed by atoms with E-state index < -0.39 is 0 Å². The first-order valence-electron chi connectivity index (χ1n) is 7.90. The van der Waals surface area contributed by atoms with Crippen LogP contribution in [0.15, 0.2) is 48.7 Å². The molecule has 0 atom stereocenters. The molecule has 0 unspecified atom stereocenters. The normalized spacial score (nSPS) is 9.60. The molecule has 25 heavy (non-hydrogen) atoms. The number of nitrogens with zero attached hydrogens (tertiary/aromatic N) is 2. The maximum absolute atomic E-state index is 5.60. The fourth-order valence-corrected chi connectivity index (χ4v) is 2.59.